The van der Waals surface area contributed by atoms with Gasteiger partial charge in [-0.15, -0.1) is 0 Å². The van der Waals surface area contributed by atoms with Crippen LogP contribution in [-0.4, -0.2) is 10.8 Å². The van der Waals surface area contributed by atoms with Gasteiger partial charge in [-0.25, -0.2) is 4.98 Å². The van der Waals surface area contributed by atoms with Crippen molar-refractivity contribution < 1.29 is 4.79 Å². The van der Waals surface area contributed by atoms with Crippen molar-refractivity contribution >= 4 is 33.3 Å². The van der Waals surface area contributed by atoms with Gasteiger partial charge in [0.1, 0.15) is 10.3 Å². The molecule has 0 saturated heterocycles. The zero-order valence-electron chi connectivity index (χ0n) is 6.69. The summed E-state index contributed by atoms with van der Waals surface area (Å²) in [6, 6.07) is 1.77. The quantitative estimate of drug-likeness (QED) is 0.565. The first-order valence-corrected chi connectivity index (χ1v) is 4.53. The van der Waals surface area contributed by atoms with Gasteiger partial charge < -0.3 is 0 Å². The van der Waals surface area contributed by atoms with Crippen molar-refractivity contribution in [3.05, 3.63) is 26.9 Å². The van der Waals surface area contributed by atoms with Gasteiger partial charge in [0, 0.05) is 6.92 Å². The third-order valence-electron chi connectivity index (χ3n) is 1.44. The monoisotopic (exact) mass is 247 g/mol. The van der Waals surface area contributed by atoms with E-state index in [1.165, 1.54) is 6.92 Å². The Labute approximate surface area is 84.1 Å². The number of carbonyl (C=O) groups excluding carboxylic acids is 1. The van der Waals surface area contributed by atoms with E-state index in [1.54, 1.807) is 6.07 Å². The predicted molar refractivity (Wildman–Crippen MR) is 51.7 cm³/mol. The van der Waals surface area contributed by atoms with E-state index in [0.29, 0.717) is 15.3 Å². The normalized spacial score (nSPS) is 10.0. The zero-order chi connectivity index (χ0) is 9.30. The summed E-state index contributed by atoms with van der Waals surface area (Å²) in [7, 11) is 0. The molecule has 64 valence electrons. The van der Waals surface area contributed by atoms with Crippen LogP contribution in [-0.2, 0) is 0 Å². The Morgan fingerprint density at radius 2 is 2.25 bits per heavy atom. The molecule has 12 heavy (non-hydrogen) atoms. The maximum Gasteiger partial charge on any atom is 0.179 e. The van der Waals surface area contributed by atoms with Crippen LogP contribution in [0, 0.1) is 6.92 Å². The van der Waals surface area contributed by atoms with Gasteiger partial charge in [-0.05, 0) is 34.5 Å². The van der Waals surface area contributed by atoms with Crippen LogP contribution < -0.4 is 0 Å². The van der Waals surface area contributed by atoms with E-state index in [0.717, 1.165) is 5.56 Å². The Kier molecular flexibility index (Phi) is 2.85. The van der Waals surface area contributed by atoms with Crippen molar-refractivity contribution in [1.29, 1.82) is 0 Å². The summed E-state index contributed by atoms with van der Waals surface area (Å²) in [5.74, 6) is -0.121. The molecule has 0 aliphatic heterocycles. The molecule has 0 atom stereocenters. The predicted octanol–water partition coefficient (Wildman–Crippen LogP) is 3.01. The summed E-state index contributed by atoms with van der Waals surface area (Å²) in [5.41, 5.74) is 1.17. The SMILES string of the molecule is CC(=O)c1nc(Br)cc(C)c1Cl. The van der Waals surface area contributed by atoms with Crippen molar-refractivity contribution in [2.24, 2.45) is 0 Å². The maximum absolute atomic E-state index is 11.0. The number of carbonyl (C=O) groups is 1. The number of aryl methyl sites for hydroxylation is 1. The molecule has 0 aliphatic carbocycles. The molecule has 1 aromatic heterocycles. The van der Waals surface area contributed by atoms with Crippen molar-refractivity contribution in [2.45, 2.75) is 13.8 Å². The maximum atomic E-state index is 11.0. The van der Waals surface area contributed by atoms with Crippen LogP contribution in [0.15, 0.2) is 10.7 Å². The molecule has 0 radical (unpaired) electrons. The second-order valence-electron chi connectivity index (χ2n) is 2.48. The van der Waals surface area contributed by atoms with Crippen LogP contribution in [0.4, 0.5) is 0 Å². The van der Waals surface area contributed by atoms with Crippen LogP contribution in [0.5, 0.6) is 0 Å². The number of nitrogens with zero attached hydrogens (tertiary/aromatic N) is 1. The molecule has 0 unspecified atom stereocenters. The average Bonchev–Trinajstić information content (AvgIpc) is 1.96. The van der Waals surface area contributed by atoms with E-state index in [9.17, 15) is 4.79 Å². The number of pyridine rings is 1. The third-order valence-corrected chi connectivity index (χ3v) is 2.33. The average molecular weight is 249 g/mol. The van der Waals surface area contributed by atoms with Crippen LogP contribution in [0.2, 0.25) is 5.02 Å². The van der Waals surface area contributed by atoms with E-state index in [1.807, 2.05) is 6.92 Å². The fourth-order valence-electron chi connectivity index (χ4n) is 0.850. The van der Waals surface area contributed by atoms with E-state index >= 15 is 0 Å². The number of rotatable bonds is 1. The number of ketones is 1. The molecular weight excluding hydrogens is 241 g/mol. The molecule has 0 fully saturated rings. The lowest BCUT2D eigenvalue weighted by atomic mass is 10.2. The molecule has 4 heteroatoms. The van der Waals surface area contributed by atoms with E-state index in [2.05, 4.69) is 20.9 Å². The summed E-state index contributed by atoms with van der Waals surface area (Å²) < 4.78 is 0.634. The minimum Gasteiger partial charge on any atom is -0.293 e. The Bertz CT molecular complexity index is 338. The Hall–Kier alpha value is -0.410. The molecule has 1 aromatic rings. The van der Waals surface area contributed by atoms with E-state index < -0.39 is 0 Å². The molecule has 0 aliphatic rings. The minimum absolute atomic E-state index is 0.121. The summed E-state index contributed by atoms with van der Waals surface area (Å²) in [4.78, 5) is 15.0. The lowest BCUT2D eigenvalue weighted by molar-refractivity contribution is 0.101. The molecule has 1 heterocycles. The first-order chi connectivity index (χ1) is 5.52. The lowest BCUT2D eigenvalue weighted by Gasteiger charge is -2.02. The van der Waals surface area contributed by atoms with Gasteiger partial charge in [-0.1, -0.05) is 11.6 Å². The Morgan fingerprint density at radius 3 is 2.75 bits per heavy atom. The second kappa shape index (κ2) is 3.54. The fourth-order valence-corrected chi connectivity index (χ4v) is 1.60. The Morgan fingerprint density at radius 1 is 1.67 bits per heavy atom. The van der Waals surface area contributed by atoms with Gasteiger partial charge in [0.05, 0.1) is 5.02 Å². The smallest absolute Gasteiger partial charge is 0.179 e. The summed E-state index contributed by atoms with van der Waals surface area (Å²) in [5, 5.41) is 0.436. The molecule has 0 N–H and O–H groups in total. The van der Waals surface area contributed by atoms with Crippen molar-refractivity contribution in [2.75, 3.05) is 0 Å². The Balaban J connectivity index is 3.37. The first kappa shape index (κ1) is 9.68. The summed E-state index contributed by atoms with van der Waals surface area (Å²) in [6.07, 6.45) is 0. The lowest BCUT2D eigenvalue weighted by Crippen LogP contribution is -1.99. The molecular formula is C8H7BrClNO. The third kappa shape index (κ3) is 1.84. The summed E-state index contributed by atoms with van der Waals surface area (Å²) in [6.45, 7) is 3.28. The topological polar surface area (TPSA) is 30.0 Å². The van der Waals surface area contributed by atoms with E-state index in [-0.39, 0.29) is 5.78 Å². The molecule has 0 bridgehead atoms. The van der Waals surface area contributed by atoms with Crippen LogP contribution >= 0.6 is 27.5 Å². The molecule has 1 rings (SSSR count). The van der Waals surface area contributed by atoms with Gasteiger partial charge in [0.25, 0.3) is 0 Å². The number of hydrogen-bond acceptors (Lipinski definition) is 2. The number of halogens is 2. The van der Waals surface area contributed by atoms with Crippen LogP contribution in [0.3, 0.4) is 0 Å². The molecule has 0 aromatic carbocycles. The van der Waals surface area contributed by atoms with Gasteiger partial charge in [0.2, 0.25) is 0 Å². The first-order valence-electron chi connectivity index (χ1n) is 3.36. The van der Waals surface area contributed by atoms with Gasteiger partial charge in [0.15, 0.2) is 5.78 Å². The van der Waals surface area contributed by atoms with Crippen molar-refractivity contribution in [3.63, 3.8) is 0 Å². The van der Waals surface area contributed by atoms with Gasteiger partial charge >= 0.3 is 0 Å². The second-order valence-corrected chi connectivity index (χ2v) is 3.67. The van der Waals surface area contributed by atoms with Gasteiger partial charge in [-0.2, -0.15) is 0 Å². The standard InChI is InChI=1S/C8H7BrClNO/c1-4-3-6(9)11-8(5(2)12)7(4)10/h3H,1-2H3. The largest absolute Gasteiger partial charge is 0.293 e. The zero-order valence-corrected chi connectivity index (χ0v) is 9.03. The highest BCUT2D eigenvalue weighted by Gasteiger charge is 2.10. The molecule has 0 saturated carbocycles. The summed E-state index contributed by atoms with van der Waals surface area (Å²) >= 11 is 9.05. The number of aromatic nitrogens is 1. The highest BCUT2D eigenvalue weighted by molar-refractivity contribution is 9.10. The molecule has 0 spiro atoms. The van der Waals surface area contributed by atoms with Crippen LogP contribution in [0.25, 0.3) is 0 Å². The highest BCUT2D eigenvalue weighted by atomic mass is 79.9. The van der Waals surface area contributed by atoms with Crippen molar-refractivity contribution in [3.8, 4) is 0 Å². The van der Waals surface area contributed by atoms with Crippen LogP contribution in [0.1, 0.15) is 23.0 Å². The molecule has 0 amide bonds. The number of hydrogen-bond donors (Lipinski definition) is 0. The minimum atomic E-state index is -0.121. The fraction of sp³-hybridized carbons (Fsp3) is 0.250. The molecule has 2 nitrogen and oxygen atoms in total. The highest BCUT2D eigenvalue weighted by Crippen LogP contribution is 2.22. The van der Waals surface area contributed by atoms with E-state index in [4.69, 9.17) is 11.6 Å². The van der Waals surface area contributed by atoms with Gasteiger partial charge in [-0.3, -0.25) is 4.79 Å². The van der Waals surface area contributed by atoms with Crippen molar-refractivity contribution in [1.82, 2.24) is 4.98 Å². The number of Topliss-reactive ketones (excluding diaryl/α,β-unsaturated/α-hetero) is 1.